The number of hydrogen-bond acceptors (Lipinski definition) is 4. The first kappa shape index (κ1) is 14.1. The van der Waals surface area contributed by atoms with Crippen LogP contribution in [0.1, 0.15) is 20.8 Å². The van der Waals surface area contributed by atoms with Crippen molar-refractivity contribution in [2.45, 2.75) is 31.6 Å². The molecule has 5 nitrogen and oxygen atoms in total. The Morgan fingerprint density at radius 2 is 1.93 bits per heavy atom. The number of carbonyl (C=O) groups is 3. The summed E-state index contributed by atoms with van der Waals surface area (Å²) in [5, 5.41) is 2.29. The Bertz CT molecular complexity index is 265. The summed E-state index contributed by atoms with van der Waals surface area (Å²) >= 11 is 3.03. The van der Waals surface area contributed by atoms with Gasteiger partial charge >= 0.3 is 5.97 Å². The molecule has 0 aliphatic heterocycles. The number of ketones is 1. The number of alkyl halides is 1. The SMILES string of the molecule is CCOC(=O)C(NC(=O)C(C)Br)C(C)=O. The van der Waals surface area contributed by atoms with E-state index in [1.165, 1.54) is 6.92 Å². The lowest BCUT2D eigenvalue weighted by Crippen LogP contribution is -2.48. The van der Waals surface area contributed by atoms with Crippen molar-refractivity contribution in [3.05, 3.63) is 0 Å². The van der Waals surface area contributed by atoms with Gasteiger partial charge in [0.05, 0.1) is 11.4 Å². The minimum atomic E-state index is -1.21. The normalized spacial score (nSPS) is 13.9. The van der Waals surface area contributed by atoms with E-state index < -0.39 is 28.5 Å². The summed E-state index contributed by atoms with van der Waals surface area (Å²) in [4.78, 5) is 33.1. The lowest BCUT2D eigenvalue weighted by molar-refractivity contribution is -0.150. The third-order valence-electron chi connectivity index (χ3n) is 1.58. The number of amides is 1. The van der Waals surface area contributed by atoms with Gasteiger partial charge in [-0.1, -0.05) is 15.9 Å². The topological polar surface area (TPSA) is 72.5 Å². The minimum absolute atomic E-state index is 0.169. The van der Waals surface area contributed by atoms with Crippen molar-refractivity contribution >= 4 is 33.6 Å². The molecule has 2 unspecified atom stereocenters. The van der Waals surface area contributed by atoms with Gasteiger partial charge in [0.15, 0.2) is 11.8 Å². The van der Waals surface area contributed by atoms with Crippen molar-refractivity contribution < 1.29 is 19.1 Å². The zero-order valence-electron chi connectivity index (χ0n) is 8.87. The van der Waals surface area contributed by atoms with Gasteiger partial charge in [0.1, 0.15) is 0 Å². The van der Waals surface area contributed by atoms with Crippen molar-refractivity contribution in [2.24, 2.45) is 0 Å². The van der Waals surface area contributed by atoms with Gasteiger partial charge in [-0.3, -0.25) is 9.59 Å². The molecule has 0 saturated heterocycles. The molecule has 6 heteroatoms. The highest BCUT2D eigenvalue weighted by Gasteiger charge is 2.27. The Morgan fingerprint density at radius 3 is 2.27 bits per heavy atom. The van der Waals surface area contributed by atoms with Gasteiger partial charge in [0.2, 0.25) is 5.91 Å². The summed E-state index contributed by atoms with van der Waals surface area (Å²) in [6.07, 6.45) is 0. The number of esters is 1. The van der Waals surface area contributed by atoms with E-state index in [0.717, 1.165) is 0 Å². The van der Waals surface area contributed by atoms with Crippen LogP contribution >= 0.6 is 15.9 Å². The summed E-state index contributed by atoms with van der Waals surface area (Å²) in [6, 6.07) is -1.21. The minimum Gasteiger partial charge on any atom is -0.464 e. The molecule has 0 aromatic carbocycles. The summed E-state index contributed by atoms with van der Waals surface area (Å²) < 4.78 is 4.66. The average molecular weight is 280 g/mol. The third-order valence-corrected chi connectivity index (χ3v) is 1.99. The van der Waals surface area contributed by atoms with Crippen LogP contribution in [0.3, 0.4) is 0 Å². The van der Waals surface area contributed by atoms with Crippen LogP contribution < -0.4 is 5.32 Å². The molecule has 0 aromatic heterocycles. The van der Waals surface area contributed by atoms with Crippen LogP contribution in [0.4, 0.5) is 0 Å². The van der Waals surface area contributed by atoms with Crippen LogP contribution in [0.15, 0.2) is 0 Å². The molecule has 86 valence electrons. The number of hydrogen-bond donors (Lipinski definition) is 1. The zero-order chi connectivity index (χ0) is 12.0. The molecule has 2 atom stereocenters. The Balaban J connectivity index is 4.48. The molecule has 0 rings (SSSR count). The maximum Gasteiger partial charge on any atom is 0.336 e. The van der Waals surface area contributed by atoms with Crippen molar-refractivity contribution in [3.8, 4) is 0 Å². The molecular weight excluding hydrogens is 266 g/mol. The first-order valence-electron chi connectivity index (χ1n) is 4.51. The molecule has 0 radical (unpaired) electrons. The quantitative estimate of drug-likeness (QED) is 0.449. The molecule has 0 saturated carbocycles. The smallest absolute Gasteiger partial charge is 0.336 e. The van der Waals surface area contributed by atoms with Crippen molar-refractivity contribution in [3.63, 3.8) is 0 Å². The first-order chi connectivity index (χ1) is 6.90. The van der Waals surface area contributed by atoms with Crippen LogP contribution in [-0.2, 0) is 19.1 Å². The van der Waals surface area contributed by atoms with E-state index in [0.29, 0.717) is 0 Å². The van der Waals surface area contributed by atoms with E-state index in [4.69, 9.17) is 0 Å². The Labute approximate surface area is 96.7 Å². The Hall–Kier alpha value is -0.910. The lowest BCUT2D eigenvalue weighted by Gasteiger charge is -2.15. The predicted molar refractivity (Wildman–Crippen MR) is 57.6 cm³/mol. The van der Waals surface area contributed by atoms with Gasteiger partial charge in [0, 0.05) is 0 Å². The molecule has 0 bridgehead atoms. The van der Waals surface area contributed by atoms with Crippen LogP contribution in [0, 0.1) is 0 Å². The van der Waals surface area contributed by atoms with Crippen LogP contribution in [-0.4, -0.2) is 35.1 Å². The lowest BCUT2D eigenvalue weighted by atomic mass is 10.2. The molecular formula is C9H14BrNO4. The number of Topliss-reactive ketones (excluding diaryl/α,β-unsaturated/α-hetero) is 1. The molecule has 1 N–H and O–H groups in total. The molecule has 0 fully saturated rings. The second kappa shape index (κ2) is 6.55. The number of carbonyl (C=O) groups excluding carboxylic acids is 3. The predicted octanol–water partition coefficient (Wildman–Crippen LogP) is 0.407. The first-order valence-corrected chi connectivity index (χ1v) is 5.43. The highest BCUT2D eigenvalue weighted by atomic mass is 79.9. The summed E-state index contributed by atoms with van der Waals surface area (Å²) in [5.74, 6) is -1.61. The number of ether oxygens (including phenoxy) is 1. The van der Waals surface area contributed by atoms with Crippen LogP contribution in [0.25, 0.3) is 0 Å². The number of nitrogens with one attached hydrogen (secondary N) is 1. The molecule has 15 heavy (non-hydrogen) atoms. The summed E-state index contributed by atoms with van der Waals surface area (Å²) in [6.45, 7) is 4.62. The van der Waals surface area contributed by atoms with Gasteiger partial charge in [0.25, 0.3) is 0 Å². The van der Waals surface area contributed by atoms with Gasteiger partial charge in [-0.05, 0) is 20.8 Å². The maximum atomic E-state index is 11.3. The van der Waals surface area contributed by atoms with Gasteiger partial charge in [-0.2, -0.15) is 0 Å². The fourth-order valence-electron chi connectivity index (χ4n) is 0.809. The van der Waals surface area contributed by atoms with Crippen molar-refractivity contribution in [1.29, 1.82) is 0 Å². The fourth-order valence-corrected chi connectivity index (χ4v) is 0.941. The van der Waals surface area contributed by atoms with Crippen molar-refractivity contribution in [1.82, 2.24) is 5.32 Å². The molecule has 0 aromatic rings. The van der Waals surface area contributed by atoms with Gasteiger partial charge < -0.3 is 10.1 Å². The highest BCUT2D eigenvalue weighted by molar-refractivity contribution is 9.10. The Kier molecular flexibility index (Phi) is 6.15. The summed E-state index contributed by atoms with van der Waals surface area (Å²) in [7, 11) is 0. The van der Waals surface area contributed by atoms with E-state index >= 15 is 0 Å². The third kappa shape index (κ3) is 4.92. The van der Waals surface area contributed by atoms with E-state index in [2.05, 4.69) is 26.0 Å². The standard InChI is InChI=1S/C9H14BrNO4/c1-4-15-9(14)7(6(3)12)11-8(13)5(2)10/h5,7H,4H2,1-3H3,(H,11,13). The van der Waals surface area contributed by atoms with Crippen LogP contribution in [0.2, 0.25) is 0 Å². The van der Waals surface area contributed by atoms with E-state index in [-0.39, 0.29) is 6.61 Å². The fraction of sp³-hybridized carbons (Fsp3) is 0.667. The summed E-state index contributed by atoms with van der Waals surface area (Å²) in [5.41, 5.74) is 0. The second-order valence-corrected chi connectivity index (χ2v) is 4.29. The van der Waals surface area contributed by atoms with Crippen LogP contribution in [0.5, 0.6) is 0 Å². The maximum absolute atomic E-state index is 11.3. The number of rotatable bonds is 5. The molecule has 1 amide bonds. The van der Waals surface area contributed by atoms with Crippen molar-refractivity contribution in [2.75, 3.05) is 6.61 Å². The Morgan fingerprint density at radius 1 is 1.40 bits per heavy atom. The van der Waals surface area contributed by atoms with E-state index in [1.54, 1.807) is 13.8 Å². The number of halogens is 1. The monoisotopic (exact) mass is 279 g/mol. The van der Waals surface area contributed by atoms with E-state index in [9.17, 15) is 14.4 Å². The van der Waals surface area contributed by atoms with Gasteiger partial charge in [-0.15, -0.1) is 0 Å². The van der Waals surface area contributed by atoms with E-state index in [1.807, 2.05) is 0 Å². The molecule has 0 heterocycles. The second-order valence-electron chi connectivity index (χ2n) is 2.92. The largest absolute Gasteiger partial charge is 0.464 e. The molecule has 0 aliphatic carbocycles. The average Bonchev–Trinajstić information content (AvgIpc) is 2.13. The molecule has 0 spiro atoms. The molecule has 0 aliphatic rings. The highest BCUT2D eigenvalue weighted by Crippen LogP contribution is 1.99. The zero-order valence-corrected chi connectivity index (χ0v) is 10.5. The van der Waals surface area contributed by atoms with Gasteiger partial charge in [-0.25, -0.2) is 4.79 Å².